The number of hydrogen-bond acceptors (Lipinski definition) is 1. The molecule has 0 aliphatic rings. The second kappa shape index (κ2) is 6.13. The first kappa shape index (κ1) is 14.0. The number of rotatable bonds is 4. The van der Waals surface area contributed by atoms with Crippen molar-refractivity contribution in [1.82, 2.24) is 0 Å². The number of benzene rings is 2. The first-order valence-corrected chi connectivity index (χ1v) is 6.38. The minimum atomic E-state index is -0.450. The predicted molar refractivity (Wildman–Crippen MR) is 73.3 cm³/mol. The molecular formula is C15H14ClF2N. The molecule has 2 aromatic rings. The molecule has 2 aromatic carbocycles. The van der Waals surface area contributed by atoms with E-state index in [-0.39, 0.29) is 16.8 Å². The van der Waals surface area contributed by atoms with E-state index >= 15 is 0 Å². The van der Waals surface area contributed by atoms with Crippen LogP contribution in [0.3, 0.4) is 0 Å². The van der Waals surface area contributed by atoms with E-state index in [1.807, 2.05) is 6.07 Å². The van der Waals surface area contributed by atoms with Gasteiger partial charge in [-0.05, 0) is 42.3 Å². The summed E-state index contributed by atoms with van der Waals surface area (Å²) in [6, 6.07) is 11.0. The van der Waals surface area contributed by atoms with Crippen LogP contribution in [-0.2, 0) is 6.42 Å². The molecule has 1 nitrogen and oxygen atoms in total. The fourth-order valence-corrected chi connectivity index (χ4v) is 2.27. The van der Waals surface area contributed by atoms with E-state index in [9.17, 15) is 8.78 Å². The van der Waals surface area contributed by atoms with Crippen LogP contribution in [0.15, 0.2) is 42.5 Å². The zero-order chi connectivity index (χ0) is 13.8. The highest BCUT2D eigenvalue weighted by atomic mass is 35.5. The Labute approximate surface area is 116 Å². The van der Waals surface area contributed by atoms with Crippen LogP contribution in [0.25, 0.3) is 0 Å². The van der Waals surface area contributed by atoms with Gasteiger partial charge in [0.25, 0.3) is 0 Å². The van der Waals surface area contributed by atoms with E-state index < -0.39 is 5.82 Å². The molecule has 1 atom stereocenters. The fraction of sp³-hybridized carbons (Fsp3) is 0.200. The summed E-state index contributed by atoms with van der Waals surface area (Å²) in [6.45, 7) is 0.344. The van der Waals surface area contributed by atoms with Crippen molar-refractivity contribution >= 4 is 11.6 Å². The molecule has 0 radical (unpaired) electrons. The SMILES string of the molecule is NCC(Cc1cccc(F)c1Cl)c1cccc(F)c1. The average Bonchev–Trinajstić information content (AvgIpc) is 2.40. The molecule has 0 aromatic heterocycles. The largest absolute Gasteiger partial charge is 0.330 e. The molecule has 1 unspecified atom stereocenters. The quantitative estimate of drug-likeness (QED) is 0.904. The van der Waals surface area contributed by atoms with Gasteiger partial charge in [-0.15, -0.1) is 0 Å². The van der Waals surface area contributed by atoms with Crippen LogP contribution in [0.4, 0.5) is 8.78 Å². The average molecular weight is 282 g/mol. The van der Waals surface area contributed by atoms with E-state index in [0.29, 0.717) is 18.5 Å². The fourth-order valence-electron chi connectivity index (χ4n) is 2.07. The molecular weight excluding hydrogens is 268 g/mol. The lowest BCUT2D eigenvalue weighted by atomic mass is 9.92. The predicted octanol–water partition coefficient (Wildman–Crippen LogP) is 3.90. The van der Waals surface area contributed by atoms with E-state index in [4.69, 9.17) is 17.3 Å². The number of halogens is 3. The minimum Gasteiger partial charge on any atom is -0.330 e. The lowest BCUT2D eigenvalue weighted by molar-refractivity contribution is 0.612. The van der Waals surface area contributed by atoms with Crippen LogP contribution >= 0.6 is 11.6 Å². The third kappa shape index (κ3) is 3.31. The second-order valence-corrected chi connectivity index (χ2v) is 4.78. The Morgan fingerprint density at radius 2 is 1.84 bits per heavy atom. The van der Waals surface area contributed by atoms with Gasteiger partial charge in [-0.25, -0.2) is 8.78 Å². The van der Waals surface area contributed by atoms with Gasteiger partial charge in [-0.2, -0.15) is 0 Å². The maximum Gasteiger partial charge on any atom is 0.142 e. The van der Waals surface area contributed by atoms with Gasteiger partial charge in [0, 0.05) is 5.92 Å². The topological polar surface area (TPSA) is 26.0 Å². The van der Waals surface area contributed by atoms with E-state index in [0.717, 1.165) is 5.56 Å². The molecule has 4 heteroatoms. The summed E-state index contributed by atoms with van der Waals surface area (Å²) in [4.78, 5) is 0. The molecule has 0 saturated carbocycles. The van der Waals surface area contributed by atoms with E-state index in [1.165, 1.54) is 18.2 Å². The van der Waals surface area contributed by atoms with Crippen molar-refractivity contribution in [1.29, 1.82) is 0 Å². The molecule has 2 N–H and O–H groups in total. The first-order valence-electron chi connectivity index (χ1n) is 6.00. The highest BCUT2D eigenvalue weighted by Gasteiger charge is 2.14. The molecule has 0 aliphatic carbocycles. The molecule has 0 spiro atoms. The van der Waals surface area contributed by atoms with Crippen LogP contribution in [0.2, 0.25) is 5.02 Å². The van der Waals surface area contributed by atoms with Crippen molar-refractivity contribution in [3.05, 3.63) is 70.2 Å². The Hall–Kier alpha value is -1.45. The molecule has 0 fully saturated rings. The monoisotopic (exact) mass is 281 g/mol. The van der Waals surface area contributed by atoms with Crippen LogP contribution < -0.4 is 5.73 Å². The molecule has 100 valence electrons. The Morgan fingerprint density at radius 3 is 2.53 bits per heavy atom. The van der Waals surface area contributed by atoms with Gasteiger partial charge >= 0.3 is 0 Å². The molecule has 0 saturated heterocycles. The third-order valence-electron chi connectivity index (χ3n) is 3.10. The molecule has 2 rings (SSSR count). The third-order valence-corrected chi connectivity index (χ3v) is 3.53. The van der Waals surface area contributed by atoms with Crippen LogP contribution in [0.5, 0.6) is 0 Å². The molecule has 0 amide bonds. The molecule has 19 heavy (non-hydrogen) atoms. The van der Waals surface area contributed by atoms with Gasteiger partial charge in [0.1, 0.15) is 11.6 Å². The highest BCUT2D eigenvalue weighted by molar-refractivity contribution is 6.31. The number of nitrogens with two attached hydrogens (primary N) is 1. The summed E-state index contributed by atoms with van der Waals surface area (Å²) >= 11 is 5.92. The summed E-state index contributed by atoms with van der Waals surface area (Å²) in [5.74, 6) is -0.842. The van der Waals surface area contributed by atoms with Gasteiger partial charge in [-0.3, -0.25) is 0 Å². The maximum atomic E-state index is 13.4. The van der Waals surface area contributed by atoms with Crippen molar-refractivity contribution in [3.63, 3.8) is 0 Å². The minimum absolute atomic E-state index is 0.0880. The molecule has 0 heterocycles. The van der Waals surface area contributed by atoms with Gasteiger partial charge in [-0.1, -0.05) is 35.9 Å². The number of hydrogen-bond donors (Lipinski definition) is 1. The van der Waals surface area contributed by atoms with Crippen molar-refractivity contribution in [2.45, 2.75) is 12.3 Å². The summed E-state index contributed by atoms with van der Waals surface area (Å²) in [5.41, 5.74) is 7.21. The lowest BCUT2D eigenvalue weighted by Crippen LogP contribution is -2.15. The standard InChI is InChI=1S/C15H14ClF2N/c16-15-11(4-2-6-14(15)18)7-12(9-19)10-3-1-5-13(17)8-10/h1-6,8,12H,7,9,19H2. The Kier molecular flexibility index (Phi) is 4.51. The van der Waals surface area contributed by atoms with Crippen LogP contribution in [0, 0.1) is 11.6 Å². The first-order chi connectivity index (χ1) is 9.11. The summed E-state index contributed by atoms with van der Waals surface area (Å²) in [7, 11) is 0. The van der Waals surface area contributed by atoms with Gasteiger partial charge < -0.3 is 5.73 Å². The summed E-state index contributed by atoms with van der Waals surface area (Å²) < 4.78 is 26.6. The lowest BCUT2D eigenvalue weighted by Gasteiger charge is -2.16. The highest BCUT2D eigenvalue weighted by Crippen LogP contribution is 2.26. The van der Waals surface area contributed by atoms with Crippen molar-refractivity contribution in [2.75, 3.05) is 6.54 Å². The Balaban J connectivity index is 2.26. The van der Waals surface area contributed by atoms with Crippen LogP contribution in [0.1, 0.15) is 17.0 Å². The Morgan fingerprint density at radius 1 is 1.11 bits per heavy atom. The zero-order valence-electron chi connectivity index (χ0n) is 10.2. The smallest absolute Gasteiger partial charge is 0.142 e. The van der Waals surface area contributed by atoms with Gasteiger partial charge in [0.2, 0.25) is 0 Å². The molecule has 0 aliphatic heterocycles. The summed E-state index contributed by atoms with van der Waals surface area (Å²) in [6.07, 6.45) is 0.483. The normalized spacial score (nSPS) is 12.4. The second-order valence-electron chi connectivity index (χ2n) is 4.40. The van der Waals surface area contributed by atoms with Gasteiger partial charge in [0.15, 0.2) is 0 Å². The van der Waals surface area contributed by atoms with Crippen molar-refractivity contribution in [3.8, 4) is 0 Å². The summed E-state index contributed by atoms with van der Waals surface area (Å²) in [5, 5.41) is 0.109. The van der Waals surface area contributed by atoms with Crippen molar-refractivity contribution < 1.29 is 8.78 Å². The Bertz CT molecular complexity index is 572. The van der Waals surface area contributed by atoms with Crippen molar-refractivity contribution in [2.24, 2.45) is 5.73 Å². The van der Waals surface area contributed by atoms with Gasteiger partial charge in [0.05, 0.1) is 5.02 Å². The van der Waals surface area contributed by atoms with E-state index in [1.54, 1.807) is 18.2 Å². The zero-order valence-corrected chi connectivity index (χ0v) is 11.0. The van der Waals surface area contributed by atoms with E-state index in [2.05, 4.69) is 0 Å². The molecule has 0 bridgehead atoms. The van der Waals surface area contributed by atoms with Crippen LogP contribution in [-0.4, -0.2) is 6.54 Å². The maximum absolute atomic E-state index is 13.4.